The minimum absolute atomic E-state index is 0.0298. The van der Waals surface area contributed by atoms with Crippen LogP contribution in [0.2, 0.25) is 0 Å². The van der Waals surface area contributed by atoms with E-state index in [1.807, 2.05) is 17.2 Å². The second-order valence-electron chi connectivity index (χ2n) is 15.1. The molecule has 9 N–H and O–H groups in total. The van der Waals surface area contributed by atoms with Crippen LogP contribution in [-0.4, -0.2) is 215 Å². The van der Waals surface area contributed by atoms with Crippen LogP contribution in [0.3, 0.4) is 0 Å². The molecule has 340 valence electrons. The number of carboxylic acid groups (broad SMARTS) is 4. The number of hydrogen-bond donors (Lipinski definition) is 8. The number of fused-ring (bicyclic) bond motifs is 1. The van der Waals surface area contributed by atoms with E-state index >= 15 is 0 Å². The van der Waals surface area contributed by atoms with E-state index in [1.165, 1.54) is 11.8 Å². The van der Waals surface area contributed by atoms with Crippen molar-refractivity contribution in [3.05, 3.63) is 34.9 Å². The summed E-state index contributed by atoms with van der Waals surface area (Å²) in [6, 6.07) is 3.03. The Morgan fingerprint density at radius 1 is 0.705 bits per heavy atom. The zero-order valence-corrected chi connectivity index (χ0v) is 35.5. The van der Waals surface area contributed by atoms with Crippen LogP contribution in [0.4, 0.5) is 0 Å². The molecule has 0 aliphatic carbocycles. The van der Waals surface area contributed by atoms with E-state index in [0.717, 1.165) is 11.1 Å². The number of hydrogen-bond acceptors (Lipinski definition) is 14. The maximum atomic E-state index is 13.8. The molecule has 4 amide bonds. The van der Waals surface area contributed by atoms with Crippen LogP contribution in [0.1, 0.15) is 47.2 Å². The summed E-state index contributed by atoms with van der Waals surface area (Å²) < 4.78 is 0. The highest BCUT2D eigenvalue weighted by Gasteiger charge is 2.29. The van der Waals surface area contributed by atoms with Crippen molar-refractivity contribution >= 4 is 59.3 Å². The molecule has 0 saturated carbocycles. The Hall–Kier alpha value is -4.87. The number of carbonyl (C=O) groups excluding carboxylic acids is 4. The molecule has 2 atom stereocenters. The molecule has 61 heavy (non-hydrogen) atoms. The summed E-state index contributed by atoms with van der Waals surface area (Å²) in [6.07, 6.45) is 3.75. The van der Waals surface area contributed by atoms with Gasteiger partial charge in [0.15, 0.2) is 0 Å². The number of benzene rings is 1. The highest BCUT2D eigenvalue weighted by Crippen LogP contribution is 2.23. The van der Waals surface area contributed by atoms with Gasteiger partial charge in [-0.3, -0.25) is 53.2 Å². The van der Waals surface area contributed by atoms with Crippen molar-refractivity contribution in [1.29, 1.82) is 0 Å². The first-order valence-electron chi connectivity index (χ1n) is 20.3. The predicted molar refractivity (Wildman–Crippen MR) is 224 cm³/mol. The Labute approximate surface area is 359 Å². The number of amides is 4. The topological polar surface area (TPSA) is 296 Å². The van der Waals surface area contributed by atoms with Crippen LogP contribution in [0.15, 0.2) is 18.2 Å². The van der Waals surface area contributed by atoms with E-state index in [1.54, 1.807) is 31.7 Å². The maximum Gasteiger partial charge on any atom is 0.326 e. The summed E-state index contributed by atoms with van der Waals surface area (Å²) in [5.41, 5.74) is 7.28. The molecule has 2 aliphatic heterocycles. The predicted octanol–water partition coefficient (Wildman–Crippen LogP) is -2.29. The van der Waals surface area contributed by atoms with Crippen LogP contribution < -0.4 is 21.7 Å². The standard InChI is InChI=1S/C39H61N9O12S/c1-61-20-9-30(38(58)41-21-32(49)42-31(39(59)60)7-2-3-10-40)43-37(57)29-6-4-5-27-22-48(11-8-28(27)29)33(50)23-44-12-14-45(24-34(51)52)16-18-47(26-36(55)56)19-17-46(15-13-44)25-35(53)54/h4-6,30-31H,2-3,7-26,40H2,1H3,(H,41,58)(H,42,49)(H,43,57)(H,51,52)(H,53,54)(H,55,56)(H,59,60)/t30-,31-/m0/s1. The number of nitrogens with one attached hydrogen (secondary N) is 3. The summed E-state index contributed by atoms with van der Waals surface area (Å²) in [5, 5.41) is 45.7. The molecule has 2 aliphatic rings. The van der Waals surface area contributed by atoms with Gasteiger partial charge in [0.05, 0.1) is 32.7 Å². The van der Waals surface area contributed by atoms with Crippen molar-refractivity contribution in [2.24, 2.45) is 5.73 Å². The number of carboxylic acids is 4. The Bertz CT molecular complexity index is 1660. The Balaban J connectivity index is 1.68. The van der Waals surface area contributed by atoms with Crippen LogP contribution in [0.25, 0.3) is 0 Å². The van der Waals surface area contributed by atoms with Gasteiger partial charge in [0, 0.05) is 71.0 Å². The lowest BCUT2D eigenvalue weighted by Crippen LogP contribution is -2.51. The molecule has 0 unspecified atom stereocenters. The monoisotopic (exact) mass is 879 g/mol. The highest BCUT2D eigenvalue weighted by molar-refractivity contribution is 7.98. The Morgan fingerprint density at radius 2 is 1.25 bits per heavy atom. The third-order valence-electron chi connectivity index (χ3n) is 10.5. The molecule has 22 heteroatoms. The summed E-state index contributed by atoms with van der Waals surface area (Å²) in [7, 11) is 0. The number of unbranched alkanes of at least 4 members (excludes halogenated alkanes) is 1. The molecule has 1 saturated heterocycles. The summed E-state index contributed by atoms with van der Waals surface area (Å²) in [6.45, 7) is 1.67. The molecule has 1 fully saturated rings. The van der Waals surface area contributed by atoms with E-state index in [4.69, 9.17) is 5.73 Å². The average Bonchev–Trinajstić information content (AvgIpc) is 3.20. The lowest BCUT2D eigenvalue weighted by atomic mass is 9.93. The molecule has 0 bridgehead atoms. The van der Waals surface area contributed by atoms with Crippen molar-refractivity contribution in [1.82, 2.24) is 40.4 Å². The van der Waals surface area contributed by atoms with Gasteiger partial charge < -0.3 is 47.0 Å². The van der Waals surface area contributed by atoms with Gasteiger partial charge in [0.2, 0.25) is 17.7 Å². The number of carbonyl (C=O) groups is 8. The summed E-state index contributed by atoms with van der Waals surface area (Å²) in [4.78, 5) is 108. The van der Waals surface area contributed by atoms with E-state index < -0.39 is 60.2 Å². The molecule has 2 heterocycles. The minimum atomic E-state index is -1.20. The quantitative estimate of drug-likeness (QED) is 0.0569. The molecule has 3 rings (SSSR count). The largest absolute Gasteiger partial charge is 0.480 e. The fourth-order valence-corrected chi connectivity index (χ4v) is 7.61. The van der Waals surface area contributed by atoms with Crippen LogP contribution in [0.5, 0.6) is 0 Å². The van der Waals surface area contributed by atoms with Crippen molar-refractivity contribution in [3.63, 3.8) is 0 Å². The molecule has 0 aromatic heterocycles. The van der Waals surface area contributed by atoms with E-state index in [9.17, 15) is 58.8 Å². The molecular formula is C39H61N9O12S. The third kappa shape index (κ3) is 18.3. The number of aliphatic carboxylic acids is 4. The highest BCUT2D eigenvalue weighted by atomic mass is 32.2. The molecule has 1 aromatic carbocycles. The van der Waals surface area contributed by atoms with Crippen LogP contribution in [-0.2, 0) is 46.5 Å². The van der Waals surface area contributed by atoms with Crippen LogP contribution in [0, 0.1) is 0 Å². The number of nitrogens with zero attached hydrogens (tertiary/aromatic N) is 5. The maximum absolute atomic E-state index is 13.8. The molecule has 21 nitrogen and oxygen atoms in total. The van der Waals surface area contributed by atoms with Gasteiger partial charge in [-0.25, -0.2) is 4.79 Å². The fourth-order valence-electron chi connectivity index (χ4n) is 7.14. The molecule has 0 radical (unpaired) electrons. The van der Waals surface area contributed by atoms with E-state index in [2.05, 4.69) is 16.0 Å². The lowest BCUT2D eigenvalue weighted by Gasteiger charge is -2.35. The van der Waals surface area contributed by atoms with Crippen molar-refractivity contribution in [2.45, 2.75) is 50.7 Å². The van der Waals surface area contributed by atoms with Crippen molar-refractivity contribution in [3.8, 4) is 0 Å². The van der Waals surface area contributed by atoms with Gasteiger partial charge in [0.1, 0.15) is 12.1 Å². The first-order chi connectivity index (χ1) is 29.1. The van der Waals surface area contributed by atoms with E-state index in [0.29, 0.717) is 50.2 Å². The smallest absolute Gasteiger partial charge is 0.326 e. The first-order valence-corrected chi connectivity index (χ1v) is 21.7. The second-order valence-corrected chi connectivity index (χ2v) is 16.0. The van der Waals surface area contributed by atoms with Crippen LogP contribution >= 0.6 is 11.8 Å². The third-order valence-corrected chi connectivity index (χ3v) is 11.1. The lowest BCUT2D eigenvalue weighted by molar-refractivity contribution is -0.142. The Kier molecular flexibility index (Phi) is 21.9. The summed E-state index contributed by atoms with van der Waals surface area (Å²) in [5.74, 6) is -5.83. The van der Waals surface area contributed by atoms with Gasteiger partial charge in [-0.05, 0) is 67.9 Å². The number of thioether (sulfide) groups is 1. The normalized spacial score (nSPS) is 17.1. The fraction of sp³-hybridized carbons (Fsp3) is 0.641. The molecule has 1 aromatic rings. The zero-order chi connectivity index (χ0) is 44.9. The average molecular weight is 880 g/mol. The van der Waals surface area contributed by atoms with E-state index in [-0.39, 0.29) is 97.3 Å². The first kappa shape index (κ1) is 50.5. The number of nitrogens with two attached hydrogens (primary N) is 1. The minimum Gasteiger partial charge on any atom is -0.480 e. The zero-order valence-electron chi connectivity index (χ0n) is 34.7. The molecular weight excluding hydrogens is 819 g/mol. The van der Waals surface area contributed by atoms with Crippen molar-refractivity contribution in [2.75, 3.05) is 110 Å². The van der Waals surface area contributed by atoms with Gasteiger partial charge in [-0.15, -0.1) is 0 Å². The SMILES string of the molecule is CSCC[C@H](NC(=O)c1cccc2c1CCN(C(=O)CN1CCN(CC(=O)O)CCN(CC(=O)O)CCN(CC(=O)O)CC1)C2)C(=O)NCC(=O)N[C@@H](CCCCN)C(=O)O. The molecule has 0 spiro atoms. The van der Waals surface area contributed by atoms with Gasteiger partial charge >= 0.3 is 23.9 Å². The van der Waals surface area contributed by atoms with Gasteiger partial charge in [-0.2, -0.15) is 11.8 Å². The summed E-state index contributed by atoms with van der Waals surface area (Å²) >= 11 is 1.47. The Morgan fingerprint density at radius 3 is 1.74 bits per heavy atom. The van der Waals surface area contributed by atoms with Crippen molar-refractivity contribution < 1.29 is 58.8 Å². The number of rotatable bonds is 22. The van der Waals surface area contributed by atoms with Gasteiger partial charge in [0.25, 0.3) is 5.91 Å². The van der Waals surface area contributed by atoms with Gasteiger partial charge in [-0.1, -0.05) is 12.1 Å². The second kappa shape index (κ2) is 26.5.